The molecule has 4 atom stereocenters. The number of rotatable bonds is 2. The summed E-state index contributed by atoms with van der Waals surface area (Å²) >= 11 is 0. The van der Waals surface area contributed by atoms with Crippen LogP contribution in [-0.4, -0.2) is 49.9 Å². The van der Waals surface area contributed by atoms with E-state index >= 15 is 0 Å². The van der Waals surface area contributed by atoms with Gasteiger partial charge in [-0.3, -0.25) is 0 Å². The van der Waals surface area contributed by atoms with E-state index in [4.69, 9.17) is 18.4 Å². The summed E-state index contributed by atoms with van der Waals surface area (Å²) in [7, 11) is -2.87. The molecule has 4 unspecified atom stereocenters. The molecule has 0 radical (unpaired) electrons. The highest BCUT2D eigenvalue weighted by atomic mass is 28.4. The number of aliphatic carboxylic acids is 1. The second-order valence-corrected chi connectivity index (χ2v) is 7.22. The highest BCUT2D eigenvalue weighted by molar-refractivity contribution is 6.63. The van der Waals surface area contributed by atoms with Crippen molar-refractivity contribution in [3.63, 3.8) is 0 Å². The summed E-state index contributed by atoms with van der Waals surface area (Å²) in [6, 6.07) is 0. The van der Waals surface area contributed by atoms with E-state index in [-0.39, 0.29) is 12.1 Å². The number of hydrogen-bond acceptors (Lipinski definition) is 5. The number of carboxylic acid groups (broad SMARTS) is 1. The summed E-state index contributed by atoms with van der Waals surface area (Å²) in [4.78, 5) is 10.9. The maximum absolute atomic E-state index is 10.9. The molecule has 2 aliphatic rings. The Hall–Kier alpha value is -0.473. The zero-order valence-corrected chi connectivity index (χ0v) is 9.54. The molecule has 2 rings (SSSR count). The van der Waals surface area contributed by atoms with Gasteiger partial charge in [-0.1, -0.05) is 13.8 Å². The third-order valence-corrected chi connectivity index (χ3v) is 5.84. The van der Waals surface area contributed by atoms with Gasteiger partial charge in [-0.05, 0) is 0 Å². The van der Waals surface area contributed by atoms with E-state index in [9.17, 15) is 9.90 Å². The molecule has 15 heavy (non-hydrogen) atoms. The Morgan fingerprint density at radius 2 is 2.13 bits per heavy atom. The average molecular weight is 234 g/mol. The Labute approximate surface area is 88.1 Å². The van der Waals surface area contributed by atoms with Gasteiger partial charge in [0.2, 0.25) is 0 Å². The Morgan fingerprint density at radius 3 is 2.67 bits per heavy atom. The fourth-order valence-electron chi connectivity index (χ4n) is 1.80. The second-order valence-electron chi connectivity index (χ2n) is 4.10. The lowest BCUT2D eigenvalue weighted by molar-refractivity contribution is -0.148. The third-order valence-electron chi connectivity index (χ3n) is 2.67. The molecule has 0 amide bonds. The summed E-state index contributed by atoms with van der Waals surface area (Å²) in [5.41, 5.74) is -0.00292. The van der Waals surface area contributed by atoms with Crippen molar-refractivity contribution in [1.29, 1.82) is 0 Å². The summed E-state index contributed by atoms with van der Waals surface area (Å²) in [6.45, 7) is 3.83. The quantitative estimate of drug-likeness (QED) is 0.632. The van der Waals surface area contributed by atoms with Crippen molar-refractivity contribution in [3.05, 3.63) is 0 Å². The standard InChI is InChI=1S/C8H14O6Si/c1-4(2)15-12-3-5(9)6(13-15)7(14-15)8(10)11/h4-7,9H,3H2,1-2H3,(H,10,11). The van der Waals surface area contributed by atoms with Crippen LogP contribution in [0.4, 0.5) is 0 Å². The van der Waals surface area contributed by atoms with Crippen LogP contribution in [0.15, 0.2) is 0 Å². The molecule has 0 aliphatic carbocycles. The molecule has 86 valence electrons. The van der Waals surface area contributed by atoms with Crippen LogP contribution in [0, 0.1) is 0 Å². The van der Waals surface area contributed by atoms with Gasteiger partial charge < -0.3 is 23.5 Å². The van der Waals surface area contributed by atoms with Crippen molar-refractivity contribution >= 4 is 14.8 Å². The molecular formula is C8H14O6Si. The topological polar surface area (TPSA) is 85.2 Å². The molecule has 0 aromatic heterocycles. The molecule has 0 spiro atoms. The van der Waals surface area contributed by atoms with Gasteiger partial charge in [-0.2, -0.15) is 0 Å². The molecule has 2 fully saturated rings. The first kappa shape index (κ1) is 11.0. The van der Waals surface area contributed by atoms with Gasteiger partial charge in [0.05, 0.1) is 6.61 Å². The van der Waals surface area contributed by atoms with Crippen molar-refractivity contribution in [1.82, 2.24) is 0 Å². The highest BCUT2D eigenvalue weighted by Gasteiger charge is 2.63. The number of aliphatic hydroxyl groups is 1. The maximum Gasteiger partial charge on any atom is 0.505 e. The summed E-state index contributed by atoms with van der Waals surface area (Å²) in [5, 5.41) is 18.5. The van der Waals surface area contributed by atoms with Crippen LogP contribution in [0.3, 0.4) is 0 Å². The van der Waals surface area contributed by atoms with Crippen LogP contribution < -0.4 is 0 Å². The van der Waals surface area contributed by atoms with Gasteiger partial charge in [0.15, 0.2) is 6.10 Å². The van der Waals surface area contributed by atoms with Gasteiger partial charge in [0.25, 0.3) is 0 Å². The smallest absolute Gasteiger partial charge is 0.479 e. The number of fused-ring (bicyclic) bond motifs is 2. The van der Waals surface area contributed by atoms with E-state index in [1.54, 1.807) is 0 Å². The molecule has 0 aromatic carbocycles. The van der Waals surface area contributed by atoms with Crippen LogP contribution in [0.25, 0.3) is 0 Å². The zero-order valence-electron chi connectivity index (χ0n) is 8.54. The SMILES string of the molecule is CC(C)[Si]12OCC(O)C(O1)C(C(=O)O)O2. The number of carbonyl (C=O) groups is 1. The van der Waals surface area contributed by atoms with Crippen molar-refractivity contribution in [2.75, 3.05) is 6.61 Å². The van der Waals surface area contributed by atoms with Crippen LogP contribution >= 0.6 is 0 Å². The predicted octanol–water partition coefficient (Wildman–Crippen LogP) is -0.405. The van der Waals surface area contributed by atoms with Crippen LogP contribution in [0.5, 0.6) is 0 Å². The lowest BCUT2D eigenvalue weighted by Gasteiger charge is -2.32. The van der Waals surface area contributed by atoms with Crippen molar-refractivity contribution in [3.8, 4) is 0 Å². The lowest BCUT2D eigenvalue weighted by atomic mass is 10.1. The normalized spacial score (nSPS) is 44.7. The van der Waals surface area contributed by atoms with E-state index < -0.39 is 33.1 Å². The Morgan fingerprint density at radius 1 is 1.47 bits per heavy atom. The lowest BCUT2D eigenvalue weighted by Crippen LogP contribution is -2.52. The van der Waals surface area contributed by atoms with Gasteiger partial charge >= 0.3 is 14.8 Å². The Balaban J connectivity index is 2.25. The van der Waals surface area contributed by atoms with E-state index in [0.717, 1.165) is 0 Å². The van der Waals surface area contributed by atoms with Crippen LogP contribution in [-0.2, 0) is 18.1 Å². The maximum atomic E-state index is 10.9. The Bertz CT molecular complexity index is 282. The molecule has 2 bridgehead atoms. The van der Waals surface area contributed by atoms with Crippen LogP contribution in [0.1, 0.15) is 13.8 Å². The molecule has 2 aliphatic heterocycles. The molecular weight excluding hydrogens is 220 g/mol. The molecule has 6 nitrogen and oxygen atoms in total. The third kappa shape index (κ3) is 1.60. The minimum Gasteiger partial charge on any atom is -0.479 e. The predicted molar refractivity (Wildman–Crippen MR) is 50.2 cm³/mol. The Kier molecular flexibility index (Phi) is 2.59. The van der Waals surface area contributed by atoms with Gasteiger partial charge in [-0.15, -0.1) is 0 Å². The largest absolute Gasteiger partial charge is 0.505 e. The molecule has 0 saturated carbocycles. The monoisotopic (exact) mass is 234 g/mol. The number of aliphatic hydroxyl groups excluding tert-OH is 1. The molecule has 2 heterocycles. The van der Waals surface area contributed by atoms with E-state index in [1.165, 1.54) is 0 Å². The molecule has 7 heteroatoms. The van der Waals surface area contributed by atoms with E-state index in [0.29, 0.717) is 0 Å². The molecule has 0 aromatic rings. The van der Waals surface area contributed by atoms with Crippen molar-refractivity contribution < 1.29 is 28.3 Å². The summed E-state index contributed by atoms with van der Waals surface area (Å²) in [5.74, 6) is -1.11. The minimum atomic E-state index is -2.87. The first-order valence-electron chi connectivity index (χ1n) is 4.87. The molecule has 2 saturated heterocycles. The average Bonchev–Trinajstić information content (AvgIpc) is 2.49. The minimum absolute atomic E-state index is 0.00292. The van der Waals surface area contributed by atoms with Crippen molar-refractivity contribution in [2.24, 2.45) is 0 Å². The van der Waals surface area contributed by atoms with E-state index in [2.05, 4.69) is 0 Å². The van der Waals surface area contributed by atoms with Crippen molar-refractivity contribution in [2.45, 2.75) is 37.7 Å². The molecule has 2 N–H and O–H groups in total. The fraction of sp³-hybridized carbons (Fsp3) is 0.875. The first-order valence-corrected chi connectivity index (χ1v) is 6.67. The fourth-order valence-corrected chi connectivity index (χ4v) is 4.52. The second kappa shape index (κ2) is 3.53. The first-order chi connectivity index (χ1) is 6.96. The van der Waals surface area contributed by atoms with Crippen LogP contribution in [0.2, 0.25) is 5.54 Å². The number of hydrogen-bond donors (Lipinski definition) is 2. The van der Waals surface area contributed by atoms with E-state index in [1.807, 2.05) is 13.8 Å². The number of carboxylic acids is 1. The summed E-state index contributed by atoms with van der Waals surface area (Å²) in [6.07, 6.45) is -2.81. The van der Waals surface area contributed by atoms with Gasteiger partial charge in [0.1, 0.15) is 12.2 Å². The zero-order chi connectivity index (χ0) is 11.2. The highest BCUT2D eigenvalue weighted by Crippen LogP contribution is 2.39. The summed E-state index contributed by atoms with van der Waals surface area (Å²) < 4.78 is 16.3. The van der Waals surface area contributed by atoms with Gasteiger partial charge in [-0.25, -0.2) is 4.79 Å². The van der Waals surface area contributed by atoms with Gasteiger partial charge in [0, 0.05) is 5.54 Å².